The highest BCUT2D eigenvalue weighted by Gasteiger charge is 1.98. The molecular weight excluding hydrogens is 156 g/mol. The second-order valence-electron chi connectivity index (χ2n) is 2.67. The van der Waals surface area contributed by atoms with Gasteiger partial charge in [-0.05, 0) is 12.8 Å². The molecule has 5 heteroatoms. The van der Waals surface area contributed by atoms with Crippen LogP contribution >= 0.6 is 0 Å². The van der Waals surface area contributed by atoms with Gasteiger partial charge in [0, 0.05) is 13.0 Å². The number of H-pyrrole nitrogens is 1. The first-order valence-electron chi connectivity index (χ1n) is 4.10. The van der Waals surface area contributed by atoms with E-state index < -0.39 is 0 Å². The summed E-state index contributed by atoms with van der Waals surface area (Å²) in [7, 11) is 0. The first-order chi connectivity index (χ1) is 5.83. The molecule has 0 saturated heterocycles. The van der Waals surface area contributed by atoms with E-state index in [0.29, 0.717) is 5.95 Å². The number of nitrogens with one attached hydrogen (secondary N) is 1. The molecule has 0 aromatic carbocycles. The maximum atomic E-state index is 8.51. The zero-order valence-electron chi connectivity index (χ0n) is 6.95. The predicted molar refractivity (Wildman–Crippen MR) is 45.4 cm³/mol. The Kier molecular flexibility index (Phi) is 3.53. The molecule has 0 bridgehead atoms. The van der Waals surface area contributed by atoms with Crippen molar-refractivity contribution in [2.75, 3.05) is 12.3 Å². The normalized spacial score (nSPS) is 10.4. The SMILES string of the molecule is Nc1n[nH]c(CCCCCO)n1. The molecule has 1 heterocycles. The molecule has 4 N–H and O–H groups in total. The van der Waals surface area contributed by atoms with Crippen molar-refractivity contribution < 1.29 is 5.11 Å². The summed E-state index contributed by atoms with van der Waals surface area (Å²) in [5.74, 6) is 1.12. The molecule has 0 aliphatic rings. The van der Waals surface area contributed by atoms with Crippen LogP contribution < -0.4 is 5.73 Å². The molecular formula is C7H14N4O. The summed E-state index contributed by atoms with van der Waals surface area (Å²) in [5, 5.41) is 15.0. The van der Waals surface area contributed by atoms with E-state index in [1.54, 1.807) is 0 Å². The third kappa shape index (κ3) is 2.87. The van der Waals surface area contributed by atoms with Crippen LogP contribution in [0.1, 0.15) is 25.1 Å². The molecule has 68 valence electrons. The van der Waals surface area contributed by atoms with Crippen LogP contribution in [0.25, 0.3) is 0 Å². The maximum absolute atomic E-state index is 8.51. The molecule has 0 radical (unpaired) electrons. The van der Waals surface area contributed by atoms with Crippen molar-refractivity contribution in [2.45, 2.75) is 25.7 Å². The number of anilines is 1. The van der Waals surface area contributed by atoms with E-state index in [1.807, 2.05) is 0 Å². The first kappa shape index (κ1) is 8.99. The third-order valence-corrected chi connectivity index (χ3v) is 1.62. The van der Waals surface area contributed by atoms with Crippen LogP contribution in [0.4, 0.5) is 5.95 Å². The summed E-state index contributed by atoms with van der Waals surface area (Å²) in [5.41, 5.74) is 5.32. The number of nitrogens with zero attached hydrogens (tertiary/aromatic N) is 2. The number of aliphatic hydroxyl groups is 1. The van der Waals surface area contributed by atoms with Crippen molar-refractivity contribution in [2.24, 2.45) is 0 Å². The van der Waals surface area contributed by atoms with Crippen LogP contribution in [-0.2, 0) is 6.42 Å². The number of rotatable bonds is 5. The molecule has 1 aromatic rings. The lowest BCUT2D eigenvalue weighted by Gasteiger charge is -1.94. The number of unbranched alkanes of at least 4 members (excludes halogenated alkanes) is 2. The second kappa shape index (κ2) is 4.71. The van der Waals surface area contributed by atoms with Crippen molar-refractivity contribution in [1.29, 1.82) is 0 Å². The van der Waals surface area contributed by atoms with Gasteiger partial charge in [-0.15, -0.1) is 5.10 Å². The van der Waals surface area contributed by atoms with E-state index in [2.05, 4.69) is 15.2 Å². The highest BCUT2D eigenvalue weighted by molar-refractivity contribution is 5.12. The lowest BCUT2D eigenvalue weighted by molar-refractivity contribution is 0.283. The van der Waals surface area contributed by atoms with Crippen molar-refractivity contribution in [3.63, 3.8) is 0 Å². The largest absolute Gasteiger partial charge is 0.396 e. The quantitative estimate of drug-likeness (QED) is 0.546. The second-order valence-corrected chi connectivity index (χ2v) is 2.67. The minimum Gasteiger partial charge on any atom is -0.396 e. The number of aromatic nitrogens is 3. The highest BCUT2D eigenvalue weighted by atomic mass is 16.2. The molecule has 12 heavy (non-hydrogen) atoms. The van der Waals surface area contributed by atoms with Crippen LogP contribution in [0, 0.1) is 0 Å². The zero-order chi connectivity index (χ0) is 8.81. The monoisotopic (exact) mass is 170 g/mol. The van der Waals surface area contributed by atoms with Crippen LogP contribution in [0.3, 0.4) is 0 Å². The molecule has 0 fully saturated rings. The fraction of sp³-hybridized carbons (Fsp3) is 0.714. The van der Waals surface area contributed by atoms with E-state index >= 15 is 0 Å². The van der Waals surface area contributed by atoms with Gasteiger partial charge in [0.25, 0.3) is 0 Å². The van der Waals surface area contributed by atoms with Crippen molar-refractivity contribution in [1.82, 2.24) is 15.2 Å². The molecule has 5 nitrogen and oxygen atoms in total. The number of aryl methyl sites for hydroxylation is 1. The first-order valence-corrected chi connectivity index (χ1v) is 4.10. The fourth-order valence-electron chi connectivity index (χ4n) is 1.00. The molecule has 0 spiro atoms. The van der Waals surface area contributed by atoms with Gasteiger partial charge in [-0.3, -0.25) is 5.10 Å². The van der Waals surface area contributed by atoms with Gasteiger partial charge in [0.05, 0.1) is 0 Å². The molecule has 1 rings (SSSR count). The lowest BCUT2D eigenvalue weighted by Crippen LogP contribution is -1.91. The number of aliphatic hydroxyl groups excluding tert-OH is 1. The summed E-state index contributed by atoms with van der Waals surface area (Å²) in [6, 6.07) is 0. The molecule has 0 unspecified atom stereocenters. The van der Waals surface area contributed by atoms with E-state index in [0.717, 1.165) is 31.5 Å². The summed E-state index contributed by atoms with van der Waals surface area (Å²) in [6.07, 6.45) is 3.72. The number of hydrogen-bond donors (Lipinski definition) is 3. The van der Waals surface area contributed by atoms with Crippen molar-refractivity contribution in [3.8, 4) is 0 Å². The predicted octanol–water partition coefficient (Wildman–Crippen LogP) is 0.0920. The fourth-order valence-corrected chi connectivity index (χ4v) is 1.00. The Morgan fingerprint density at radius 3 is 2.75 bits per heavy atom. The number of nitrogen functional groups attached to an aromatic ring is 1. The molecule has 1 aromatic heterocycles. The summed E-state index contributed by atoms with van der Waals surface area (Å²) >= 11 is 0. The Balaban J connectivity index is 2.15. The van der Waals surface area contributed by atoms with Crippen molar-refractivity contribution >= 4 is 5.95 Å². The third-order valence-electron chi connectivity index (χ3n) is 1.62. The topological polar surface area (TPSA) is 87.8 Å². The Hall–Kier alpha value is -1.10. The van der Waals surface area contributed by atoms with Crippen LogP contribution in [-0.4, -0.2) is 26.9 Å². The molecule has 0 atom stereocenters. The van der Waals surface area contributed by atoms with Gasteiger partial charge in [0.1, 0.15) is 5.82 Å². The van der Waals surface area contributed by atoms with Gasteiger partial charge >= 0.3 is 0 Å². The average Bonchev–Trinajstić information content (AvgIpc) is 2.45. The van der Waals surface area contributed by atoms with E-state index in [-0.39, 0.29) is 6.61 Å². The summed E-state index contributed by atoms with van der Waals surface area (Å²) in [6.45, 7) is 0.262. The Labute approximate surface area is 71.0 Å². The highest BCUT2D eigenvalue weighted by Crippen LogP contribution is 2.01. The van der Waals surface area contributed by atoms with E-state index in [1.165, 1.54) is 0 Å². The molecule has 0 aliphatic carbocycles. The van der Waals surface area contributed by atoms with Crippen LogP contribution in [0.5, 0.6) is 0 Å². The van der Waals surface area contributed by atoms with Gasteiger partial charge in [-0.1, -0.05) is 6.42 Å². The van der Waals surface area contributed by atoms with Gasteiger partial charge in [0.15, 0.2) is 0 Å². The molecule has 0 aliphatic heterocycles. The number of hydrogen-bond acceptors (Lipinski definition) is 4. The van der Waals surface area contributed by atoms with Gasteiger partial charge in [-0.2, -0.15) is 4.98 Å². The van der Waals surface area contributed by atoms with E-state index in [4.69, 9.17) is 10.8 Å². The van der Waals surface area contributed by atoms with Crippen LogP contribution in [0.15, 0.2) is 0 Å². The maximum Gasteiger partial charge on any atom is 0.239 e. The molecule has 0 saturated carbocycles. The van der Waals surface area contributed by atoms with E-state index in [9.17, 15) is 0 Å². The average molecular weight is 170 g/mol. The van der Waals surface area contributed by atoms with Gasteiger partial charge in [-0.25, -0.2) is 0 Å². The zero-order valence-corrected chi connectivity index (χ0v) is 6.95. The minimum absolute atomic E-state index is 0.262. The minimum atomic E-state index is 0.262. The van der Waals surface area contributed by atoms with Gasteiger partial charge in [0.2, 0.25) is 5.95 Å². The number of nitrogens with two attached hydrogens (primary N) is 1. The number of aromatic amines is 1. The van der Waals surface area contributed by atoms with Gasteiger partial charge < -0.3 is 10.8 Å². The Morgan fingerprint density at radius 1 is 1.33 bits per heavy atom. The summed E-state index contributed by atoms with van der Waals surface area (Å²) in [4.78, 5) is 3.96. The Morgan fingerprint density at radius 2 is 2.17 bits per heavy atom. The molecule has 0 amide bonds. The lowest BCUT2D eigenvalue weighted by atomic mass is 10.2. The van der Waals surface area contributed by atoms with Crippen LogP contribution in [0.2, 0.25) is 0 Å². The van der Waals surface area contributed by atoms with Crippen molar-refractivity contribution in [3.05, 3.63) is 5.82 Å². The Bertz CT molecular complexity index is 223. The smallest absolute Gasteiger partial charge is 0.239 e. The summed E-state index contributed by atoms with van der Waals surface area (Å²) < 4.78 is 0. The standard InChI is InChI=1S/C7H14N4O/c8-7-9-6(10-11-7)4-2-1-3-5-12/h12H,1-5H2,(H3,8,9,10,11).